The lowest BCUT2D eigenvalue weighted by Gasteiger charge is -2.07. The SMILES string of the molecule is COc1cc2scc(C)c2cc1OC. The molecule has 14 heavy (non-hydrogen) atoms. The van der Waals surface area contributed by atoms with Crippen LogP contribution in [0.3, 0.4) is 0 Å². The Kier molecular flexibility index (Phi) is 2.33. The van der Waals surface area contributed by atoms with E-state index < -0.39 is 0 Å². The third kappa shape index (κ3) is 1.34. The summed E-state index contributed by atoms with van der Waals surface area (Å²) in [5.74, 6) is 1.59. The minimum atomic E-state index is 0.793. The maximum Gasteiger partial charge on any atom is 0.162 e. The highest BCUT2D eigenvalue weighted by Crippen LogP contribution is 2.36. The van der Waals surface area contributed by atoms with Gasteiger partial charge in [0.1, 0.15) is 0 Å². The van der Waals surface area contributed by atoms with Crippen LogP contribution in [0.25, 0.3) is 10.1 Å². The van der Waals surface area contributed by atoms with Gasteiger partial charge in [0.15, 0.2) is 11.5 Å². The van der Waals surface area contributed by atoms with Crippen LogP contribution in [0, 0.1) is 6.92 Å². The zero-order valence-corrected chi connectivity index (χ0v) is 9.27. The third-order valence-electron chi connectivity index (χ3n) is 2.27. The van der Waals surface area contributed by atoms with Gasteiger partial charge >= 0.3 is 0 Å². The smallest absolute Gasteiger partial charge is 0.162 e. The van der Waals surface area contributed by atoms with Gasteiger partial charge in [0.05, 0.1) is 14.2 Å². The molecule has 0 fully saturated rings. The second kappa shape index (κ2) is 3.50. The van der Waals surface area contributed by atoms with E-state index in [0.717, 1.165) is 11.5 Å². The van der Waals surface area contributed by atoms with Gasteiger partial charge < -0.3 is 9.47 Å². The molecule has 0 radical (unpaired) electrons. The summed E-state index contributed by atoms with van der Waals surface area (Å²) in [5.41, 5.74) is 1.28. The standard InChI is InChI=1S/C11H12O2S/c1-7-6-14-11-5-10(13-3)9(12-2)4-8(7)11/h4-6H,1-3H3. The average molecular weight is 208 g/mol. The molecule has 0 amide bonds. The molecule has 0 spiro atoms. The van der Waals surface area contributed by atoms with Crippen LogP contribution in [-0.2, 0) is 0 Å². The van der Waals surface area contributed by atoms with E-state index in [9.17, 15) is 0 Å². The first kappa shape index (κ1) is 9.34. The summed E-state index contributed by atoms with van der Waals surface area (Å²) in [6, 6.07) is 4.05. The first-order chi connectivity index (χ1) is 6.76. The molecule has 2 aromatic rings. The molecule has 0 aliphatic rings. The van der Waals surface area contributed by atoms with E-state index in [-0.39, 0.29) is 0 Å². The summed E-state index contributed by atoms with van der Waals surface area (Å²) in [4.78, 5) is 0. The lowest BCUT2D eigenvalue weighted by atomic mass is 10.2. The summed E-state index contributed by atoms with van der Waals surface area (Å²) in [6.45, 7) is 2.10. The van der Waals surface area contributed by atoms with Crippen molar-refractivity contribution in [2.24, 2.45) is 0 Å². The van der Waals surface area contributed by atoms with E-state index >= 15 is 0 Å². The highest BCUT2D eigenvalue weighted by atomic mass is 32.1. The average Bonchev–Trinajstić information content (AvgIpc) is 2.58. The molecule has 0 N–H and O–H groups in total. The van der Waals surface area contributed by atoms with Crippen LogP contribution in [0.15, 0.2) is 17.5 Å². The Labute approximate surface area is 87.1 Å². The molecule has 0 saturated heterocycles. The van der Waals surface area contributed by atoms with Gasteiger partial charge in [-0.2, -0.15) is 0 Å². The molecule has 2 nitrogen and oxygen atoms in total. The maximum atomic E-state index is 5.25. The molecule has 0 atom stereocenters. The summed E-state index contributed by atoms with van der Waals surface area (Å²) in [5, 5.41) is 3.39. The van der Waals surface area contributed by atoms with Crippen molar-refractivity contribution in [1.29, 1.82) is 0 Å². The lowest BCUT2D eigenvalue weighted by molar-refractivity contribution is 0.356. The van der Waals surface area contributed by atoms with Gasteiger partial charge in [-0.05, 0) is 29.3 Å². The fraction of sp³-hybridized carbons (Fsp3) is 0.273. The van der Waals surface area contributed by atoms with Gasteiger partial charge in [-0.25, -0.2) is 0 Å². The lowest BCUT2D eigenvalue weighted by Crippen LogP contribution is -1.89. The quantitative estimate of drug-likeness (QED) is 0.754. The van der Waals surface area contributed by atoms with Gasteiger partial charge in [0.25, 0.3) is 0 Å². The second-order valence-corrected chi connectivity index (χ2v) is 4.03. The number of ether oxygens (including phenoxy) is 2. The van der Waals surface area contributed by atoms with Crippen molar-refractivity contribution >= 4 is 21.4 Å². The third-order valence-corrected chi connectivity index (χ3v) is 3.34. The second-order valence-electron chi connectivity index (χ2n) is 3.12. The molecule has 74 valence electrons. The zero-order valence-electron chi connectivity index (χ0n) is 8.46. The predicted molar refractivity (Wildman–Crippen MR) is 59.7 cm³/mol. The van der Waals surface area contributed by atoms with E-state index in [1.54, 1.807) is 25.6 Å². The van der Waals surface area contributed by atoms with Gasteiger partial charge in [0, 0.05) is 10.8 Å². The summed E-state index contributed by atoms with van der Waals surface area (Å²) in [7, 11) is 3.32. The predicted octanol–water partition coefficient (Wildman–Crippen LogP) is 3.23. The van der Waals surface area contributed by atoms with Gasteiger partial charge in [-0.1, -0.05) is 0 Å². The van der Waals surface area contributed by atoms with Crippen LogP contribution in [0.1, 0.15) is 5.56 Å². The molecule has 1 aromatic heterocycles. The summed E-state index contributed by atoms with van der Waals surface area (Å²) in [6.07, 6.45) is 0. The molecule has 0 unspecified atom stereocenters. The number of thiophene rings is 1. The minimum absolute atomic E-state index is 0.793. The van der Waals surface area contributed by atoms with Crippen molar-refractivity contribution in [3.8, 4) is 11.5 Å². The molecule has 2 rings (SSSR count). The number of benzene rings is 1. The molecule has 0 aliphatic heterocycles. The first-order valence-corrected chi connectivity index (χ1v) is 5.24. The Morgan fingerprint density at radius 3 is 2.36 bits per heavy atom. The Morgan fingerprint density at radius 1 is 1.07 bits per heavy atom. The number of fused-ring (bicyclic) bond motifs is 1. The molecule has 1 aromatic carbocycles. The van der Waals surface area contributed by atoms with Crippen molar-refractivity contribution in [3.05, 3.63) is 23.1 Å². The van der Waals surface area contributed by atoms with E-state index in [2.05, 4.69) is 12.3 Å². The van der Waals surface area contributed by atoms with Crippen molar-refractivity contribution in [2.45, 2.75) is 6.92 Å². The fourth-order valence-corrected chi connectivity index (χ4v) is 2.43. The molecule has 3 heteroatoms. The zero-order chi connectivity index (χ0) is 10.1. The topological polar surface area (TPSA) is 18.5 Å². The van der Waals surface area contributed by atoms with Crippen LogP contribution in [-0.4, -0.2) is 14.2 Å². The molecule has 1 heterocycles. The summed E-state index contributed by atoms with van der Waals surface area (Å²) < 4.78 is 11.7. The number of aryl methyl sites for hydroxylation is 1. The van der Waals surface area contributed by atoms with E-state index in [1.807, 2.05) is 12.1 Å². The molecule has 0 bridgehead atoms. The van der Waals surface area contributed by atoms with Crippen molar-refractivity contribution in [3.63, 3.8) is 0 Å². The van der Waals surface area contributed by atoms with Gasteiger partial charge in [-0.15, -0.1) is 11.3 Å². The van der Waals surface area contributed by atoms with Crippen molar-refractivity contribution < 1.29 is 9.47 Å². The minimum Gasteiger partial charge on any atom is -0.493 e. The van der Waals surface area contributed by atoms with Crippen molar-refractivity contribution in [1.82, 2.24) is 0 Å². The molecule has 0 aliphatic carbocycles. The van der Waals surface area contributed by atoms with Crippen LogP contribution in [0.5, 0.6) is 11.5 Å². The Morgan fingerprint density at radius 2 is 1.71 bits per heavy atom. The molecular weight excluding hydrogens is 196 g/mol. The first-order valence-electron chi connectivity index (χ1n) is 4.36. The number of methoxy groups -OCH3 is 2. The number of hydrogen-bond donors (Lipinski definition) is 0. The number of rotatable bonds is 2. The number of hydrogen-bond acceptors (Lipinski definition) is 3. The van der Waals surface area contributed by atoms with Crippen molar-refractivity contribution in [2.75, 3.05) is 14.2 Å². The van der Waals surface area contributed by atoms with E-state index in [0.29, 0.717) is 0 Å². The summed E-state index contributed by atoms with van der Waals surface area (Å²) >= 11 is 1.73. The van der Waals surface area contributed by atoms with E-state index in [4.69, 9.17) is 9.47 Å². The van der Waals surface area contributed by atoms with Crippen LogP contribution in [0.2, 0.25) is 0 Å². The van der Waals surface area contributed by atoms with Crippen LogP contribution in [0.4, 0.5) is 0 Å². The fourth-order valence-electron chi connectivity index (χ4n) is 1.48. The largest absolute Gasteiger partial charge is 0.493 e. The van der Waals surface area contributed by atoms with E-state index in [1.165, 1.54) is 15.6 Å². The Balaban J connectivity index is 2.71. The van der Waals surface area contributed by atoms with Gasteiger partial charge in [0.2, 0.25) is 0 Å². The molecular formula is C11H12O2S. The highest BCUT2D eigenvalue weighted by Gasteiger charge is 2.08. The van der Waals surface area contributed by atoms with Gasteiger partial charge in [-0.3, -0.25) is 0 Å². The van der Waals surface area contributed by atoms with Crippen LogP contribution >= 0.6 is 11.3 Å². The normalized spacial score (nSPS) is 10.5. The monoisotopic (exact) mass is 208 g/mol. The Hall–Kier alpha value is -1.22. The van der Waals surface area contributed by atoms with Crippen LogP contribution < -0.4 is 9.47 Å². The maximum absolute atomic E-state index is 5.25. The Bertz CT molecular complexity index is 460. The molecule has 0 saturated carbocycles. The highest BCUT2D eigenvalue weighted by molar-refractivity contribution is 7.17.